The van der Waals surface area contributed by atoms with Gasteiger partial charge in [-0.05, 0) is 11.1 Å². The van der Waals surface area contributed by atoms with E-state index in [1.807, 2.05) is 0 Å². The van der Waals surface area contributed by atoms with Gasteiger partial charge in [-0.1, -0.05) is 10.2 Å². The minimum absolute atomic E-state index is 0.179. The number of hydrogen-bond donors (Lipinski definition) is 2. The average Bonchev–Trinajstić information content (AvgIpc) is 2.48. The molecular formula is C9H16ClN9O4. The van der Waals surface area contributed by atoms with Crippen LogP contribution in [0.15, 0.2) is 10.2 Å². The lowest BCUT2D eigenvalue weighted by molar-refractivity contribution is -2.00. The molecule has 0 aromatic carbocycles. The van der Waals surface area contributed by atoms with Crippen molar-refractivity contribution in [2.75, 3.05) is 26.2 Å². The zero-order chi connectivity index (χ0) is 17.3. The number of nitrogens with one attached hydrogen (secondary N) is 2. The van der Waals surface area contributed by atoms with Gasteiger partial charge in [-0.2, -0.15) is 0 Å². The highest BCUT2D eigenvalue weighted by Gasteiger charge is 2.31. The van der Waals surface area contributed by atoms with Crippen LogP contribution in [-0.4, -0.2) is 48.8 Å². The molecule has 2 aliphatic heterocycles. The molecule has 23 heavy (non-hydrogen) atoms. The zero-order valence-electron chi connectivity index (χ0n) is 12.0. The molecule has 0 aromatic rings. The fraction of sp³-hybridized carbons (Fsp3) is 0.889. The fourth-order valence-electron chi connectivity index (χ4n) is 2.26. The molecule has 0 bridgehead atoms. The summed E-state index contributed by atoms with van der Waals surface area (Å²) in [4.78, 5) is 5.55. The van der Waals surface area contributed by atoms with E-state index in [-0.39, 0.29) is 12.1 Å². The molecule has 0 saturated heterocycles. The van der Waals surface area contributed by atoms with E-state index < -0.39 is 10.2 Å². The van der Waals surface area contributed by atoms with E-state index in [0.717, 1.165) is 31.9 Å². The summed E-state index contributed by atoms with van der Waals surface area (Å²) in [6.45, 7) is 2.82. The molecule has 2 rings (SSSR count). The van der Waals surface area contributed by atoms with E-state index in [0.29, 0.717) is 13.1 Å². The molecule has 14 heteroatoms. The van der Waals surface area contributed by atoms with Gasteiger partial charge in [-0.3, -0.25) is 15.2 Å². The highest BCUT2D eigenvalue weighted by molar-refractivity contribution is 5.76. The Morgan fingerprint density at radius 1 is 1.00 bits per heavy atom. The number of hydrogen-bond acceptors (Lipinski definition) is 8. The summed E-state index contributed by atoms with van der Waals surface area (Å²) in [5.74, 6) is 0.962. The molecule has 0 aliphatic carbocycles. The number of halogens is 1. The predicted octanol–water partition coefficient (Wildman–Crippen LogP) is -4.06. The molecular weight excluding hydrogens is 334 g/mol. The Labute approximate surface area is 133 Å². The Kier molecular flexibility index (Phi) is 7.65. The molecule has 0 radical (unpaired) electrons. The highest BCUT2D eigenvalue weighted by Crippen LogP contribution is 2.07. The van der Waals surface area contributed by atoms with Gasteiger partial charge in [-0.25, -0.2) is 18.6 Å². The standard InChI is InChI=1S/C9H15N9.ClHO4/c10-16-12-5-7-1-3-18-4-2-8(6-13-17-11)15-9(18)14-7;2-1(3,4)5/h7-8H,1-6H2,(H,14,15);(H,2,3,4,5)/t7-,8-;/m0./s1. The summed E-state index contributed by atoms with van der Waals surface area (Å²) in [5.41, 5.74) is 16.6. The molecule has 0 aromatic heterocycles. The van der Waals surface area contributed by atoms with Crippen LogP contribution in [0.2, 0.25) is 0 Å². The molecule has 2 N–H and O–H groups in total. The number of guanidine groups is 1. The first-order chi connectivity index (χ1) is 10.8. The van der Waals surface area contributed by atoms with Crippen molar-refractivity contribution in [1.82, 2.24) is 10.6 Å². The smallest absolute Gasteiger partial charge is 0.275 e. The number of azide groups is 2. The van der Waals surface area contributed by atoms with Crippen LogP contribution in [-0.2, 0) is 0 Å². The Bertz CT molecular complexity index is 480. The van der Waals surface area contributed by atoms with E-state index in [9.17, 15) is 0 Å². The Hall–Kier alpha value is -1.98. The first kappa shape index (κ1) is 19.1. The highest BCUT2D eigenvalue weighted by atomic mass is 35.7. The summed E-state index contributed by atoms with van der Waals surface area (Å²) >= 11 is 0. The van der Waals surface area contributed by atoms with Crippen molar-refractivity contribution in [3.05, 3.63) is 20.9 Å². The van der Waals surface area contributed by atoms with Gasteiger partial charge in [0.2, 0.25) is 0 Å². The van der Waals surface area contributed by atoms with Crippen LogP contribution < -0.4 is 29.3 Å². The Balaban J connectivity index is 0.000000463. The topological polar surface area (TPSA) is 217 Å². The van der Waals surface area contributed by atoms with Crippen molar-refractivity contribution < 1.29 is 33.5 Å². The van der Waals surface area contributed by atoms with Gasteiger partial charge in [0.25, 0.3) is 0 Å². The summed E-state index contributed by atoms with van der Waals surface area (Å²) in [7, 11) is -4.94. The van der Waals surface area contributed by atoms with Crippen LogP contribution in [0, 0.1) is 10.2 Å². The number of nitrogens with zero attached hydrogens (tertiary/aromatic N) is 7. The van der Waals surface area contributed by atoms with Crippen molar-refractivity contribution >= 4 is 5.96 Å². The maximum absolute atomic E-state index is 8.49. The maximum atomic E-state index is 8.49. The van der Waals surface area contributed by atoms with Crippen molar-refractivity contribution in [3.63, 3.8) is 0 Å². The largest absolute Gasteiger partial charge is 0.346 e. The second-order valence-corrected chi connectivity index (χ2v) is 5.56. The van der Waals surface area contributed by atoms with E-state index >= 15 is 0 Å². The first-order valence-electron chi connectivity index (χ1n) is 6.62. The van der Waals surface area contributed by atoms with E-state index in [2.05, 4.69) is 35.3 Å². The maximum Gasteiger partial charge on any atom is 0.346 e. The summed E-state index contributed by atoms with van der Waals surface area (Å²) in [5, 5.41) is 13.8. The van der Waals surface area contributed by atoms with Crippen molar-refractivity contribution in [1.29, 1.82) is 0 Å². The summed E-state index contributed by atoms with van der Waals surface area (Å²) in [6.07, 6.45) is 1.93. The van der Waals surface area contributed by atoms with Gasteiger partial charge in [0.1, 0.15) is 0 Å². The Morgan fingerprint density at radius 2 is 1.39 bits per heavy atom. The lowest BCUT2D eigenvalue weighted by Crippen LogP contribution is -2.68. The quantitative estimate of drug-likeness (QED) is 0.222. The van der Waals surface area contributed by atoms with E-state index in [1.54, 1.807) is 0 Å². The third kappa shape index (κ3) is 8.28. The van der Waals surface area contributed by atoms with Gasteiger partial charge in [-0.15, -0.1) is 10.2 Å². The first-order valence-corrected chi connectivity index (χ1v) is 7.85. The molecule has 13 nitrogen and oxygen atoms in total. The molecule has 0 fully saturated rings. The average molecular weight is 350 g/mol. The summed E-state index contributed by atoms with van der Waals surface area (Å²) in [6, 6.07) is 0.357. The van der Waals surface area contributed by atoms with Crippen LogP contribution in [0.25, 0.3) is 20.9 Å². The van der Waals surface area contributed by atoms with Gasteiger partial charge in [0, 0.05) is 22.7 Å². The molecule has 0 unspecified atom stereocenters. The second kappa shape index (κ2) is 9.22. The van der Waals surface area contributed by atoms with Crippen molar-refractivity contribution in [3.8, 4) is 0 Å². The summed E-state index contributed by atoms with van der Waals surface area (Å²) < 4.78 is 36.2. The van der Waals surface area contributed by atoms with Crippen LogP contribution in [0.1, 0.15) is 12.8 Å². The lowest BCUT2D eigenvalue weighted by Gasteiger charge is -2.30. The monoisotopic (exact) mass is 349 g/mol. The van der Waals surface area contributed by atoms with Gasteiger partial charge >= 0.3 is 5.96 Å². The molecule has 0 saturated carbocycles. The predicted molar refractivity (Wildman–Crippen MR) is 66.1 cm³/mol. The van der Waals surface area contributed by atoms with E-state index in [4.69, 9.17) is 29.7 Å². The molecule has 2 atom stereocenters. The molecule has 0 spiro atoms. The molecule has 2 aliphatic rings. The van der Waals surface area contributed by atoms with Gasteiger partial charge in [0.15, 0.2) is 0 Å². The fourth-order valence-corrected chi connectivity index (χ4v) is 2.26. The zero-order valence-corrected chi connectivity index (χ0v) is 12.8. The van der Waals surface area contributed by atoms with Gasteiger partial charge < -0.3 is 0 Å². The number of rotatable bonds is 4. The normalized spacial score (nSPS) is 23.0. The second-order valence-electron chi connectivity index (χ2n) is 4.80. The third-order valence-electron chi connectivity index (χ3n) is 3.22. The van der Waals surface area contributed by atoms with Gasteiger partial charge in [0.05, 0.1) is 38.3 Å². The van der Waals surface area contributed by atoms with Crippen molar-refractivity contribution in [2.24, 2.45) is 10.2 Å². The van der Waals surface area contributed by atoms with Crippen LogP contribution in [0.4, 0.5) is 0 Å². The van der Waals surface area contributed by atoms with Crippen molar-refractivity contribution in [2.45, 2.75) is 24.9 Å². The minimum Gasteiger partial charge on any atom is -0.275 e. The van der Waals surface area contributed by atoms with E-state index in [1.165, 1.54) is 0 Å². The Morgan fingerprint density at radius 3 is 1.74 bits per heavy atom. The van der Waals surface area contributed by atoms with Crippen LogP contribution in [0.5, 0.6) is 0 Å². The lowest BCUT2D eigenvalue weighted by atomic mass is 10.1. The molecule has 2 heterocycles. The SMILES string of the molecule is [N-]=[N+]=NC[C@@H]1CC[N+]2=C(N1)N[C@H](CN=[N+]=[N-])CC2.[O-][Cl+3]([O-])([O-])[O-]. The molecule has 128 valence electrons. The molecule has 0 amide bonds. The third-order valence-corrected chi connectivity index (χ3v) is 3.22. The minimum atomic E-state index is -4.94. The van der Waals surface area contributed by atoms with Crippen LogP contribution in [0.3, 0.4) is 0 Å². The van der Waals surface area contributed by atoms with Crippen LogP contribution >= 0.6 is 0 Å².